The van der Waals surface area contributed by atoms with Crippen molar-refractivity contribution in [2.45, 2.75) is 64.3 Å². The molecule has 0 radical (unpaired) electrons. The van der Waals surface area contributed by atoms with Crippen LogP contribution < -0.4 is 0 Å². The summed E-state index contributed by atoms with van der Waals surface area (Å²) in [4.78, 5) is 27.2. The van der Waals surface area contributed by atoms with Gasteiger partial charge in [-0.1, -0.05) is 32.6 Å². The lowest BCUT2D eigenvalue weighted by Crippen LogP contribution is -2.48. The first-order chi connectivity index (χ1) is 10.6. The number of carbonyl (C=O) groups is 2. The molecule has 22 heavy (non-hydrogen) atoms. The van der Waals surface area contributed by atoms with E-state index in [4.69, 9.17) is 5.11 Å². The van der Waals surface area contributed by atoms with Crippen LogP contribution in [-0.2, 0) is 9.59 Å². The van der Waals surface area contributed by atoms with Crippen LogP contribution in [0.1, 0.15) is 58.3 Å². The average Bonchev–Trinajstić information content (AvgIpc) is 3.03. The van der Waals surface area contributed by atoms with E-state index in [9.17, 15) is 9.59 Å². The molecular formula is C17H30N2O3. The molecule has 5 nitrogen and oxygen atoms in total. The zero-order valence-electron chi connectivity index (χ0n) is 13.8. The summed E-state index contributed by atoms with van der Waals surface area (Å²) in [6.45, 7) is 4.43. The molecule has 0 aromatic rings. The summed E-state index contributed by atoms with van der Waals surface area (Å²) < 4.78 is 0. The third kappa shape index (κ3) is 4.97. The van der Waals surface area contributed by atoms with Crippen molar-refractivity contribution in [3.8, 4) is 0 Å². The SMILES string of the molecule is CCN(CC(=O)O)C1CCN(C(=O)CCC2CCCC2)CC1. The molecule has 2 fully saturated rings. The molecule has 1 N–H and O–H groups in total. The van der Waals surface area contributed by atoms with Gasteiger partial charge in [-0.3, -0.25) is 14.5 Å². The van der Waals surface area contributed by atoms with Gasteiger partial charge in [0.1, 0.15) is 0 Å². The van der Waals surface area contributed by atoms with Crippen LogP contribution in [0, 0.1) is 5.92 Å². The normalized spacial score (nSPS) is 20.7. The smallest absolute Gasteiger partial charge is 0.317 e. The number of piperidine rings is 1. The molecule has 1 heterocycles. The summed E-state index contributed by atoms with van der Waals surface area (Å²) in [5.41, 5.74) is 0. The molecule has 1 aliphatic heterocycles. The van der Waals surface area contributed by atoms with Gasteiger partial charge >= 0.3 is 5.97 Å². The Morgan fingerprint density at radius 3 is 2.32 bits per heavy atom. The van der Waals surface area contributed by atoms with Gasteiger partial charge in [-0.2, -0.15) is 0 Å². The number of hydrogen-bond acceptors (Lipinski definition) is 3. The predicted octanol–water partition coefficient (Wildman–Crippen LogP) is 2.35. The summed E-state index contributed by atoms with van der Waals surface area (Å²) >= 11 is 0. The van der Waals surface area contributed by atoms with Gasteiger partial charge in [0.15, 0.2) is 0 Å². The number of rotatable bonds is 7. The van der Waals surface area contributed by atoms with Gasteiger partial charge in [0, 0.05) is 25.6 Å². The van der Waals surface area contributed by atoms with Crippen molar-refractivity contribution in [3.63, 3.8) is 0 Å². The Morgan fingerprint density at radius 2 is 1.77 bits per heavy atom. The molecule has 0 unspecified atom stereocenters. The molecule has 5 heteroatoms. The zero-order chi connectivity index (χ0) is 15.9. The predicted molar refractivity (Wildman–Crippen MR) is 85.7 cm³/mol. The van der Waals surface area contributed by atoms with Crippen LogP contribution in [-0.4, -0.2) is 59.0 Å². The van der Waals surface area contributed by atoms with Crippen molar-refractivity contribution in [1.29, 1.82) is 0 Å². The van der Waals surface area contributed by atoms with E-state index < -0.39 is 5.97 Å². The number of aliphatic carboxylic acids is 1. The van der Waals surface area contributed by atoms with E-state index >= 15 is 0 Å². The van der Waals surface area contributed by atoms with Gasteiger partial charge in [-0.15, -0.1) is 0 Å². The fourth-order valence-electron chi connectivity index (χ4n) is 3.94. The van der Waals surface area contributed by atoms with Gasteiger partial charge in [0.05, 0.1) is 6.54 Å². The van der Waals surface area contributed by atoms with Crippen LogP contribution in [0.2, 0.25) is 0 Å². The highest BCUT2D eigenvalue weighted by Crippen LogP contribution is 2.29. The number of carbonyl (C=O) groups excluding carboxylic acids is 1. The number of hydrogen-bond donors (Lipinski definition) is 1. The average molecular weight is 310 g/mol. The Morgan fingerprint density at radius 1 is 1.14 bits per heavy atom. The lowest BCUT2D eigenvalue weighted by Gasteiger charge is -2.37. The van der Waals surface area contributed by atoms with Crippen molar-refractivity contribution < 1.29 is 14.7 Å². The van der Waals surface area contributed by atoms with Crippen molar-refractivity contribution in [3.05, 3.63) is 0 Å². The molecular weight excluding hydrogens is 280 g/mol. The summed E-state index contributed by atoms with van der Waals surface area (Å²) in [7, 11) is 0. The fourth-order valence-corrected chi connectivity index (χ4v) is 3.94. The molecule has 1 aliphatic carbocycles. The van der Waals surface area contributed by atoms with E-state index in [0.29, 0.717) is 18.4 Å². The number of nitrogens with zero attached hydrogens (tertiary/aromatic N) is 2. The van der Waals surface area contributed by atoms with Gasteiger partial charge in [-0.25, -0.2) is 0 Å². The molecule has 1 saturated heterocycles. The largest absolute Gasteiger partial charge is 0.480 e. The van der Waals surface area contributed by atoms with Crippen molar-refractivity contribution in [2.75, 3.05) is 26.2 Å². The molecule has 0 atom stereocenters. The maximum absolute atomic E-state index is 12.3. The Labute approximate surface area is 133 Å². The van der Waals surface area contributed by atoms with Crippen molar-refractivity contribution in [2.24, 2.45) is 5.92 Å². The fraction of sp³-hybridized carbons (Fsp3) is 0.882. The van der Waals surface area contributed by atoms with Crippen molar-refractivity contribution >= 4 is 11.9 Å². The quantitative estimate of drug-likeness (QED) is 0.784. The third-order valence-corrected chi connectivity index (χ3v) is 5.32. The van der Waals surface area contributed by atoms with Crippen LogP contribution in [0.5, 0.6) is 0 Å². The Balaban J connectivity index is 1.71. The highest BCUT2D eigenvalue weighted by Gasteiger charge is 2.27. The van der Waals surface area contributed by atoms with Gasteiger partial charge in [0.25, 0.3) is 0 Å². The lowest BCUT2D eigenvalue weighted by atomic mass is 9.99. The summed E-state index contributed by atoms with van der Waals surface area (Å²) in [5.74, 6) is 0.302. The molecule has 1 amide bonds. The number of carboxylic acids is 1. The van der Waals surface area contributed by atoms with Crippen LogP contribution in [0.15, 0.2) is 0 Å². The third-order valence-electron chi connectivity index (χ3n) is 5.32. The highest BCUT2D eigenvalue weighted by atomic mass is 16.4. The van der Waals surface area contributed by atoms with E-state index in [1.807, 2.05) is 16.7 Å². The molecule has 126 valence electrons. The summed E-state index contributed by atoms with van der Waals surface area (Å²) in [5, 5.41) is 8.95. The topological polar surface area (TPSA) is 60.9 Å². The molecule has 0 aromatic heterocycles. The molecule has 2 rings (SSSR count). The van der Waals surface area contributed by atoms with E-state index in [1.54, 1.807) is 0 Å². The Hall–Kier alpha value is -1.10. The second-order valence-electron chi connectivity index (χ2n) is 6.76. The van der Waals surface area contributed by atoms with Gasteiger partial charge in [0.2, 0.25) is 5.91 Å². The Bertz CT molecular complexity index is 372. The molecule has 0 bridgehead atoms. The van der Waals surface area contributed by atoms with Crippen LogP contribution in [0.4, 0.5) is 0 Å². The second kappa shape index (κ2) is 8.51. The van der Waals surface area contributed by atoms with Crippen LogP contribution in [0.25, 0.3) is 0 Å². The number of carboxylic acid groups (broad SMARTS) is 1. The van der Waals surface area contributed by atoms with Gasteiger partial charge in [-0.05, 0) is 31.7 Å². The summed E-state index contributed by atoms with van der Waals surface area (Å²) in [6.07, 6.45) is 8.82. The zero-order valence-corrected chi connectivity index (χ0v) is 13.8. The van der Waals surface area contributed by atoms with Crippen LogP contribution in [0.3, 0.4) is 0 Å². The molecule has 1 saturated carbocycles. The number of likely N-dealkylation sites (N-methyl/N-ethyl adjacent to an activating group) is 1. The monoisotopic (exact) mass is 310 g/mol. The number of likely N-dealkylation sites (tertiary alicyclic amines) is 1. The van der Waals surface area contributed by atoms with Crippen molar-refractivity contribution in [1.82, 2.24) is 9.80 Å². The lowest BCUT2D eigenvalue weighted by molar-refractivity contribution is -0.140. The van der Waals surface area contributed by atoms with Gasteiger partial charge < -0.3 is 10.0 Å². The Kier molecular flexibility index (Phi) is 6.68. The molecule has 2 aliphatic rings. The molecule has 0 spiro atoms. The minimum absolute atomic E-state index is 0.108. The standard InChI is InChI=1S/C17H30N2O3/c1-2-18(13-17(21)22)15-9-11-19(12-10-15)16(20)8-7-14-5-3-4-6-14/h14-15H,2-13H2,1H3,(H,21,22). The van der Waals surface area contributed by atoms with E-state index in [1.165, 1.54) is 25.7 Å². The maximum Gasteiger partial charge on any atom is 0.317 e. The van der Waals surface area contributed by atoms with Crippen LogP contribution >= 0.6 is 0 Å². The van der Waals surface area contributed by atoms with E-state index in [0.717, 1.165) is 44.8 Å². The first-order valence-corrected chi connectivity index (χ1v) is 8.83. The summed E-state index contributed by atoms with van der Waals surface area (Å²) in [6, 6.07) is 0.306. The molecule has 0 aromatic carbocycles. The van der Waals surface area contributed by atoms with E-state index in [2.05, 4.69) is 0 Å². The first kappa shape index (κ1) is 17.3. The minimum atomic E-state index is -0.767. The number of amides is 1. The first-order valence-electron chi connectivity index (χ1n) is 8.83. The highest BCUT2D eigenvalue weighted by molar-refractivity contribution is 5.76. The maximum atomic E-state index is 12.3. The second-order valence-corrected chi connectivity index (χ2v) is 6.76. The minimum Gasteiger partial charge on any atom is -0.480 e. The van der Waals surface area contributed by atoms with E-state index in [-0.39, 0.29) is 6.54 Å².